The summed E-state index contributed by atoms with van der Waals surface area (Å²) in [6.07, 6.45) is 0.261. The molecule has 1 atom stereocenters. The van der Waals surface area contributed by atoms with Crippen molar-refractivity contribution in [2.45, 2.75) is 32.4 Å². The Morgan fingerprint density at radius 1 is 1.19 bits per heavy atom. The second-order valence-corrected chi connectivity index (χ2v) is 7.68. The van der Waals surface area contributed by atoms with Crippen LogP contribution in [-0.4, -0.2) is 61.1 Å². The number of hydrogen-bond acceptors (Lipinski definition) is 4. The second kappa shape index (κ2) is 11.5. The van der Waals surface area contributed by atoms with Gasteiger partial charge in [0.25, 0.3) is 0 Å². The Balaban J connectivity index is 0.00000312. The van der Waals surface area contributed by atoms with E-state index in [9.17, 15) is 4.79 Å². The molecule has 1 fully saturated rings. The minimum Gasteiger partial charge on any atom is -0.377 e. The lowest BCUT2D eigenvalue weighted by molar-refractivity contribution is -0.138. The number of benzene rings is 1. The molecule has 0 radical (unpaired) electrons. The van der Waals surface area contributed by atoms with Crippen LogP contribution in [0.3, 0.4) is 0 Å². The fourth-order valence-electron chi connectivity index (χ4n) is 2.84. The monoisotopic (exact) mass is 469 g/mol. The number of ether oxygens (including phenoxy) is 1. The van der Waals surface area contributed by atoms with Crippen molar-refractivity contribution >= 4 is 46.7 Å². The zero-order valence-electron chi connectivity index (χ0n) is 15.6. The average molecular weight is 471 g/mol. The van der Waals surface area contributed by atoms with Gasteiger partial charge in [-0.05, 0) is 38.5 Å². The van der Waals surface area contributed by atoms with E-state index in [1.807, 2.05) is 43.0 Å². The fraction of sp³-hybridized carbons (Fsp3) is 0.611. The number of nitrogens with zero attached hydrogens (tertiary/aromatic N) is 2. The number of halogens is 3. The number of hydrogen-bond donors (Lipinski definition) is 1. The van der Waals surface area contributed by atoms with Gasteiger partial charge in [0.05, 0.1) is 12.7 Å². The summed E-state index contributed by atoms with van der Waals surface area (Å²) in [5, 5.41) is 0. The first-order valence-electron chi connectivity index (χ1n) is 8.49. The molecule has 5 nitrogen and oxygen atoms in total. The maximum absolute atomic E-state index is 12.9. The molecule has 1 saturated heterocycles. The summed E-state index contributed by atoms with van der Waals surface area (Å²) in [6, 6.07) is 7.64. The summed E-state index contributed by atoms with van der Waals surface area (Å²) in [6.45, 7) is 10.7. The highest BCUT2D eigenvalue weighted by atomic mass is 79.9. The Morgan fingerprint density at radius 3 is 2.23 bits per heavy atom. The maximum Gasteiger partial charge on any atom is 0.247 e. The second-order valence-electron chi connectivity index (χ2n) is 6.76. The number of carbonyl (C=O) groups is 1. The number of rotatable bonds is 6. The van der Waals surface area contributed by atoms with Gasteiger partial charge in [0.2, 0.25) is 5.91 Å². The van der Waals surface area contributed by atoms with E-state index in [0.29, 0.717) is 13.1 Å². The fourth-order valence-corrected chi connectivity index (χ4v) is 3.10. The lowest BCUT2D eigenvalue weighted by Gasteiger charge is -2.38. The van der Waals surface area contributed by atoms with Gasteiger partial charge >= 0.3 is 0 Å². The normalized spacial score (nSPS) is 17.2. The van der Waals surface area contributed by atoms with Gasteiger partial charge in [-0.15, -0.1) is 24.8 Å². The van der Waals surface area contributed by atoms with Gasteiger partial charge in [-0.3, -0.25) is 9.69 Å². The van der Waals surface area contributed by atoms with Crippen LogP contribution in [0.25, 0.3) is 0 Å². The summed E-state index contributed by atoms with van der Waals surface area (Å²) in [5.41, 5.74) is 6.21. The van der Waals surface area contributed by atoms with Crippen molar-refractivity contribution < 1.29 is 9.53 Å². The summed E-state index contributed by atoms with van der Waals surface area (Å²) in [4.78, 5) is 17.1. The van der Waals surface area contributed by atoms with Crippen molar-refractivity contribution in [3.8, 4) is 0 Å². The van der Waals surface area contributed by atoms with E-state index in [4.69, 9.17) is 10.5 Å². The van der Waals surface area contributed by atoms with Crippen LogP contribution in [0.15, 0.2) is 28.7 Å². The molecule has 1 aromatic carbocycles. The summed E-state index contributed by atoms with van der Waals surface area (Å²) < 4.78 is 6.57. The number of carbonyl (C=O) groups excluding carboxylic acids is 1. The Labute approximate surface area is 177 Å². The van der Waals surface area contributed by atoms with E-state index in [0.717, 1.165) is 36.3 Å². The van der Waals surface area contributed by atoms with E-state index < -0.39 is 5.54 Å². The molecule has 1 amide bonds. The van der Waals surface area contributed by atoms with Crippen molar-refractivity contribution in [1.29, 1.82) is 0 Å². The topological polar surface area (TPSA) is 58.8 Å². The highest BCUT2D eigenvalue weighted by Crippen LogP contribution is 2.23. The first-order chi connectivity index (χ1) is 11.3. The summed E-state index contributed by atoms with van der Waals surface area (Å²) >= 11 is 3.41. The molecule has 1 unspecified atom stereocenters. The van der Waals surface area contributed by atoms with Gasteiger partial charge in [-0.25, -0.2) is 0 Å². The molecule has 0 aromatic heterocycles. The average Bonchev–Trinajstić information content (AvgIpc) is 2.55. The highest BCUT2D eigenvalue weighted by molar-refractivity contribution is 9.10. The van der Waals surface area contributed by atoms with Gasteiger partial charge in [0.1, 0.15) is 5.54 Å². The van der Waals surface area contributed by atoms with Gasteiger partial charge < -0.3 is 15.4 Å². The zero-order chi connectivity index (χ0) is 17.7. The molecular formula is C18H30BrCl2N3O2. The van der Waals surface area contributed by atoms with E-state index in [-0.39, 0.29) is 36.8 Å². The third-order valence-electron chi connectivity index (χ3n) is 4.41. The third kappa shape index (κ3) is 6.98. The number of nitrogens with two attached hydrogens (primary N) is 1. The van der Waals surface area contributed by atoms with E-state index in [1.54, 1.807) is 6.92 Å². The molecular weight excluding hydrogens is 441 g/mol. The SMILES string of the molecule is CC(C)OCCN1CCN(C(=O)C(C)(N)c2ccc(Br)cc2)CC1.Cl.Cl. The molecule has 2 N–H and O–H groups in total. The molecule has 1 aliphatic rings. The molecule has 26 heavy (non-hydrogen) atoms. The first kappa shape index (κ1) is 25.6. The summed E-state index contributed by atoms with van der Waals surface area (Å²) in [7, 11) is 0. The smallest absolute Gasteiger partial charge is 0.247 e. The molecule has 8 heteroatoms. The van der Waals surface area contributed by atoms with E-state index in [2.05, 4.69) is 20.8 Å². The van der Waals surface area contributed by atoms with Gasteiger partial charge in [0.15, 0.2) is 0 Å². The molecule has 0 spiro atoms. The van der Waals surface area contributed by atoms with Gasteiger partial charge in [0, 0.05) is 37.2 Å². The van der Waals surface area contributed by atoms with Crippen LogP contribution < -0.4 is 5.73 Å². The molecule has 0 bridgehead atoms. The largest absolute Gasteiger partial charge is 0.377 e. The maximum atomic E-state index is 12.9. The molecule has 2 rings (SSSR count). The number of amides is 1. The molecule has 150 valence electrons. The minimum absolute atomic E-state index is 0. The molecule has 0 aliphatic carbocycles. The Morgan fingerprint density at radius 2 is 1.73 bits per heavy atom. The minimum atomic E-state index is -0.996. The predicted octanol–water partition coefficient (Wildman–Crippen LogP) is 3.04. The van der Waals surface area contributed by atoms with Crippen molar-refractivity contribution in [3.63, 3.8) is 0 Å². The van der Waals surface area contributed by atoms with Crippen molar-refractivity contribution in [2.75, 3.05) is 39.3 Å². The Kier molecular flexibility index (Phi) is 11.3. The van der Waals surface area contributed by atoms with Crippen LogP contribution in [0.1, 0.15) is 26.3 Å². The Hall–Kier alpha value is -0.370. The molecule has 1 aliphatic heterocycles. The van der Waals surface area contributed by atoms with Crippen LogP contribution in [0.4, 0.5) is 0 Å². The quantitative estimate of drug-likeness (QED) is 0.694. The van der Waals surface area contributed by atoms with Crippen LogP contribution in [0, 0.1) is 0 Å². The third-order valence-corrected chi connectivity index (χ3v) is 4.94. The van der Waals surface area contributed by atoms with Crippen LogP contribution in [-0.2, 0) is 15.1 Å². The standard InChI is InChI=1S/C18H28BrN3O2.2ClH/c1-14(2)24-13-12-21-8-10-22(11-9-21)17(23)18(3,20)15-4-6-16(19)7-5-15;;/h4-7,14H,8-13,20H2,1-3H3;2*1H. The van der Waals surface area contributed by atoms with Crippen molar-refractivity contribution in [2.24, 2.45) is 5.73 Å². The highest BCUT2D eigenvalue weighted by Gasteiger charge is 2.35. The van der Waals surface area contributed by atoms with Crippen LogP contribution >= 0.6 is 40.7 Å². The van der Waals surface area contributed by atoms with Gasteiger partial charge in [-0.1, -0.05) is 28.1 Å². The first-order valence-corrected chi connectivity index (χ1v) is 9.28. The molecule has 1 heterocycles. The lowest BCUT2D eigenvalue weighted by Crippen LogP contribution is -2.57. The summed E-state index contributed by atoms with van der Waals surface area (Å²) in [5.74, 6) is -0.0112. The van der Waals surface area contributed by atoms with E-state index in [1.165, 1.54) is 0 Å². The van der Waals surface area contributed by atoms with Crippen LogP contribution in [0.2, 0.25) is 0 Å². The van der Waals surface area contributed by atoms with Crippen molar-refractivity contribution in [3.05, 3.63) is 34.3 Å². The molecule has 0 saturated carbocycles. The predicted molar refractivity (Wildman–Crippen MR) is 114 cm³/mol. The van der Waals surface area contributed by atoms with Crippen LogP contribution in [0.5, 0.6) is 0 Å². The van der Waals surface area contributed by atoms with E-state index >= 15 is 0 Å². The Bertz CT molecular complexity index is 548. The number of piperazine rings is 1. The van der Waals surface area contributed by atoms with Crippen molar-refractivity contribution in [1.82, 2.24) is 9.80 Å². The van der Waals surface area contributed by atoms with Gasteiger partial charge in [-0.2, -0.15) is 0 Å². The zero-order valence-corrected chi connectivity index (χ0v) is 18.8. The lowest BCUT2D eigenvalue weighted by atomic mass is 9.91. The molecule has 1 aromatic rings.